The monoisotopic (exact) mass is 217 g/mol. The molecule has 0 unspecified atom stereocenters. The lowest BCUT2D eigenvalue weighted by Crippen LogP contribution is -1.91. The van der Waals surface area contributed by atoms with Crippen molar-refractivity contribution < 1.29 is 0 Å². The van der Waals surface area contributed by atoms with Crippen molar-refractivity contribution in [3.8, 4) is 11.1 Å². The van der Waals surface area contributed by atoms with Gasteiger partial charge < -0.3 is 5.73 Å². The first kappa shape index (κ1) is 10.1. The Hall–Kier alpha value is -1.47. The average molecular weight is 218 g/mol. The van der Waals surface area contributed by atoms with Crippen molar-refractivity contribution in [3.63, 3.8) is 0 Å². The summed E-state index contributed by atoms with van der Waals surface area (Å²) in [6.45, 7) is 0. The molecule has 1 aliphatic carbocycles. The molecule has 2 aromatic carbocycles. The van der Waals surface area contributed by atoms with Crippen molar-refractivity contribution in [2.24, 2.45) is 0 Å². The fraction of sp³-hybridized carbons (Fsp3) is 0.0769. The molecule has 0 bridgehead atoms. The minimum Gasteiger partial charge on any atom is -0.398 e. The molecule has 2 aromatic rings. The molecule has 0 fully saturated rings. The van der Waals surface area contributed by atoms with Crippen LogP contribution in [0.4, 0.5) is 5.69 Å². The molecule has 0 spiro atoms. The molecular weight excluding hydrogens is 206 g/mol. The van der Waals surface area contributed by atoms with Crippen LogP contribution >= 0.6 is 12.4 Å². The summed E-state index contributed by atoms with van der Waals surface area (Å²) in [5.74, 6) is 0. The Morgan fingerprint density at radius 2 is 1.60 bits per heavy atom. The van der Waals surface area contributed by atoms with Gasteiger partial charge in [0.05, 0.1) is 0 Å². The van der Waals surface area contributed by atoms with Crippen LogP contribution in [0, 0.1) is 0 Å². The van der Waals surface area contributed by atoms with Gasteiger partial charge in [0.1, 0.15) is 0 Å². The van der Waals surface area contributed by atoms with Crippen LogP contribution in [0.25, 0.3) is 11.1 Å². The lowest BCUT2D eigenvalue weighted by molar-refractivity contribution is 1.27. The van der Waals surface area contributed by atoms with Crippen molar-refractivity contribution in [3.05, 3.63) is 53.6 Å². The summed E-state index contributed by atoms with van der Waals surface area (Å²) in [5, 5.41) is 0. The van der Waals surface area contributed by atoms with Crippen molar-refractivity contribution in [1.82, 2.24) is 0 Å². The summed E-state index contributed by atoms with van der Waals surface area (Å²) in [6, 6.07) is 14.7. The second-order valence-corrected chi connectivity index (χ2v) is 3.71. The van der Waals surface area contributed by atoms with E-state index in [1.807, 2.05) is 12.1 Å². The minimum atomic E-state index is 0. The second kappa shape index (κ2) is 3.59. The summed E-state index contributed by atoms with van der Waals surface area (Å²) in [4.78, 5) is 0. The minimum absolute atomic E-state index is 0. The predicted molar refractivity (Wildman–Crippen MR) is 66.3 cm³/mol. The van der Waals surface area contributed by atoms with Gasteiger partial charge in [-0.05, 0) is 28.3 Å². The highest BCUT2D eigenvalue weighted by molar-refractivity contribution is 5.85. The van der Waals surface area contributed by atoms with E-state index in [0.29, 0.717) is 0 Å². The zero-order valence-corrected chi connectivity index (χ0v) is 9.05. The van der Waals surface area contributed by atoms with Gasteiger partial charge in [-0.3, -0.25) is 0 Å². The number of hydrogen-bond acceptors (Lipinski definition) is 1. The number of nitrogen functional groups attached to an aromatic ring is 1. The van der Waals surface area contributed by atoms with Crippen LogP contribution in [0.5, 0.6) is 0 Å². The standard InChI is InChI=1S/C13H11N.ClH/c14-13-7-3-6-11-10-5-2-1-4-9(10)8-12(11)13;/h1-7H,8,14H2;1H. The summed E-state index contributed by atoms with van der Waals surface area (Å²) >= 11 is 0. The zero-order chi connectivity index (χ0) is 9.54. The first-order chi connectivity index (χ1) is 6.86. The van der Waals surface area contributed by atoms with Gasteiger partial charge in [-0.1, -0.05) is 36.4 Å². The molecular formula is C13H12ClN. The van der Waals surface area contributed by atoms with E-state index in [1.165, 1.54) is 22.3 Å². The van der Waals surface area contributed by atoms with Crippen LogP contribution < -0.4 is 5.73 Å². The summed E-state index contributed by atoms with van der Waals surface area (Å²) in [7, 11) is 0. The summed E-state index contributed by atoms with van der Waals surface area (Å²) in [6.07, 6.45) is 0.984. The topological polar surface area (TPSA) is 26.0 Å². The number of halogens is 1. The third-order valence-electron chi connectivity index (χ3n) is 2.89. The fourth-order valence-corrected chi connectivity index (χ4v) is 2.18. The van der Waals surface area contributed by atoms with Gasteiger partial charge in [0.15, 0.2) is 0 Å². The van der Waals surface area contributed by atoms with E-state index in [-0.39, 0.29) is 12.4 Å². The molecule has 2 N–H and O–H groups in total. The van der Waals surface area contributed by atoms with Gasteiger partial charge >= 0.3 is 0 Å². The molecule has 0 saturated heterocycles. The van der Waals surface area contributed by atoms with E-state index in [1.54, 1.807) is 0 Å². The van der Waals surface area contributed by atoms with Crippen molar-refractivity contribution in [1.29, 1.82) is 0 Å². The Balaban J connectivity index is 0.000000853. The maximum absolute atomic E-state index is 5.95. The molecule has 0 aliphatic heterocycles. The molecule has 2 heteroatoms. The van der Waals surface area contributed by atoms with E-state index in [9.17, 15) is 0 Å². The maximum atomic E-state index is 5.95. The average Bonchev–Trinajstić information content (AvgIpc) is 2.59. The van der Waals surface area contributed by atoms with Crippen LogP contribution in [0.2, 0.25) is 0 Å². The molecule has 76 valence electrons. The highest BCUT2D eigenvalue weighted by Gasteiger charge is 2.18. The molecule has 0 amide bonds. The number of hydrogen-bond donors (Lipinski definition) is 1. The van der Waals surface area contributed by atoms with Crippen molar-refractivity contribution >= 4 is 18.1 Å². The fourth-order valence-electron chi connectivity index (χ4n) is 2.18. The van der Waals surface area contributed by atoms with Gasteiger partial charge in [0.2, 0.25) is 0 Å². The second-order valence-electron chi connectivity index (χ2n) is 3.71. The van der Waals surface area contributed by atoms with E-state index in [2.05, 4.69) is 30.3 Å². The van der Waals surface area contributed by atoms with E-state index in [0.717, 1.165) is 12.1 Å². The quantitative estimate of drug-likeness (QED) is 0.575. The molecule has 0 atom stereocenters. The largest absolute Gasteiger partial charge is 0.398 e. The molecule has 15 heavy (non-hydrogen) atoms. The van der Waals surface area contributed by atoms with Gasteiger partial charge in [-0.2, -0.15) is 0 Å². The summed E-state index contributed by atoms with van der Waals surface area (Å²) < 4.78 is 0. The SMILES string of the molecule is Cl.Nc1cccc2c1Cc1ccccc1-2. The Morgan fingerprint density at radius 1 is 0.867 bits per heavy atom. The first-order valence-corrected chi connectivity index (χ1v) is 4.82. The predicted octanol–water partition coefficient (Wildman–Crippen LogP) is 3.26. The third kappa shape index (κ3) is 1.40. The molecule has 3 rings (SSSR count). The van der Waals surface area contributed by atoms with Gasteiger partial charge in [-0.25, -0.2) is 0 Å². The van der Waals surface area contributed by atoms with E-state index in [4.69, 9.17) is 5.73 Å². The van der Waals surface area contributed by atoms with Crippen LogP contribution in [0.1, 0.15) is 11.1 Å². The Bertz CT molecular complexity index is 506. The number of nitrogens with two attached hydrogens (primary N) is 1. The molecule has 0 heterocycles. The van der Waals surface area contributed by atoms with Crippen LogP contribution in [0.3, 0.4) is 0 Å². The van der Waals surface area contributed by atoms with Crippen LogP contribution in [0.15, 0.2) is 42.5 Å². The maximum Gasteiger partial charge on any atom is 0.0356 e. The number of fused-ring (bicyclic) bond motifs is 3. The highest BCUT2D eigenvalue weighted by Crippen LogP contribution is 2.38. The molecule has 1 nitrogen and oxygen atoms in total. The third-order valence-corrected chi connectivity index (χ3v) is 2.89. The number of anilines is 1. The zero-order valence-electron chi connectivity index (χ0n) is 8.23. The summed E-state index contributed by atoms with van der Waals surface area (Å²) in [5.41, 5.74) is 12.2. The molecule has 0 aromatic heterocycles. The van der Waals surface area contributed by atoms with Gasteiger partial charge in [-0.15, -0.1) is 12.4 Å². The molecule has 0 saturated carbocycles. The number of benzene rings is 2. The van der Waals surface area contributed by atoms with E-state index >= 15 is 0 Å². The number of rotatable bonds is 0. The lowest BCUT2D eigenvalue weighted by atomic mass is 10.1. The van der Waals surface area contributed by atoms with E-state index < -0.39 is 0 Å². The molecule has 0 radical (unpaired) electrons. The van der Waals surface area contributed by atoms with Crippen molar-refractivity contribution in [2.45, 2.75) is 6.42 Å². The first-order valence-electron chi connectivity index (χ1n) is 4.82. The highest BCUT2D eigenvalue weighted by atomic mass is 35.5. The molecule has 1 aliphatic rings. The van der Waals surface area contributed by atoms with Crippen molar-refractivity contribution in [2.75, 3.05) is 5.73 Å². The van der Waals surface area contributed by atoms with Crippen LogP contribution in [-0.4, -0.2) is 0 Å². The van der Waals surface area contributed by atoms with Gasteiger partial charge in [0.25, 0.3) is 0 Å². The Kier molecular flexibility index (Phi) is 2.41. The smallest absolute Gasteiger partial charge is 0.0356 e. The van der Waals surface area contributed by atoms with Gasteiger partial charge in [0, 0.05) is 12.1 Å². The normalized spacial score (nSPS) is 11.5. The van der Waals surface area contributed by atoms with Crippen LogP contribution in [-0.2, 0) is 6.42 Å². The lowest BCUT2D eigenvalue weighted by Gasteiger charge is -2.02. The Labute approximate surface area is 95.3 Å². The Morgan fingerprint density at radius 3 is 2.47 bits per heavy atom.